The van der Waals surface area contributed by atoms with Gasteiger partial charge in [-0.05, 0) is 49.0 Å². The van der Waals surface area contributed by atoms with Crippen LogP contribution in [0.15, 0.2) is 53.8 Å². The molecule has 2 aromatic carbocycles. The molecule has 11 heteroatoms. The molecule has 0 aliphatic carbocycles. The van der Waals surface area contributed by atoms with Crippen molar-refractivity contribution in [1.29, 1.82) is 0 Å². The van der Waals surface area contributed by atoms with E-state index in [1.807, 2.05) is 12.1 Å². The third-order valence-electron chi connectivity index (χ3n) is 5.22. The highest BCUT2D eigenvalue weighted by Crippen LogP contribution is 2.33. The van der Waals surface area contributed by atoms with E-state index in [1.165, 1.54) is 6.20 Å². The number of rotatable bonds is 7. The Labute approximate surface area is 196 Å². The van der Waals surface area contributed by atoms with Gasteiger partial charge in [-0.3, -0.25) is 0 Å². The largest absolute Gasteiger partial charge is 0.494 e. The number of ether oxygens (including phenoxy) is 2. The molecule has 33 heavy (non-hydrogen) atoms. The average molecular weight is 467 g/mol. The lowest BCUT2D eigenvalue weighted by Crippen LogP contribution is -2.44. The fraction of sp³-hybridized carbons (Fsp3) is 0.273. The maximum absolute atomic E-state index is 8.51. The van der Waals surface area contributed by atoms with E-state index >= 15 is 0 Å². The molecule has 4 rings (SSSR count). The van der Waals surface area contributed by atoms with E-state index in [9.17, 15) is 0 Å². The van der Waals surface area contributed by atoms with Gasteiger partial charge in [0.2, 0.25) is 11.8 Å². The number of hydrogen-bond donors (Lipinski definition) is 1. The van der Waals surface area contributed by atoms with Crippen LogP contribution in [0.2, 0.25) is 5.02 Å². The van der Waals surface area contributed by atoms with Crippen LogP contribution in [-0.2, 0) is 0 Å². The number of nitrogens with zero attached hydrogens (tertiary/aromatic N) is 7. The van der Waals surface area contributed by atoms with Gasteiger partial charge < -0.3 is 24.6 Å². The zero-order valence-corrected chi connectivity index (χ0v) is 19.0. The zero-order valence-electron chi connectivity index (χ0n) is 18.3. The minimum Gasteiger partial charge on any atom is -0.494 e. The van der Waals surface area contributed by atoms with E-state index in [0.29, 0.717) is 23.1 Å². The van der Waals surface area contributed by atoms with Crippen molar-refractivity contribution >= 4 is 34.6 Å². The molecule has 1 fully saturated rings. The molecule has 3 aromatic rings. The Bertz CT molecular complexity index is 1160. The Balaban J connectivity index is 1.51. The van der Waals surface area contributed by atoms with Crippen molar-refractivity contribution in [1.82, 2.24) is 14.9 Å². The first-order chi connectivity index (χ1) is 16.1. The SMILES string of the molecule is COc1cc(N2CCN(C)CC2)ccc1Nc1ncc(Cl)c(Oc2ccc(N=[N+]=[N-])cc2)n1. The molecule has 2 heterocycles. The number of azide groups is 1. The van der Waals surface area contributed by atoms with Crippen molar-refractivity contribution in [3.05, 3.63) is 64.1 Å². The average Bonchev–Trinajstić information content (AvgIpc) is 2.83. The number of hydrogen-bond acceptors (Lipinski definition) is 8. The molecule has 1 aliphatic rings. The number of anilines is 3. The van der Waals surface area contributed by atoms with Crippen molar-refractivity contribution < 1.29 is 9.47 Å². The molecule has 0 amide bonds. The molecule has 170 valence electrons. The Morgan fingerprint density at radius 2 is 1.88 bits per heavy atom. The first-order valence-corrected chi connectivity index (χ1v) is 10.7. The molecular formula is C22H23ClN8O2. The second-order valence-corrected chi connectivity index (χ2v) is 7.84. The van der Waals surface area contributed by atoms with E-state index in [1.54, 1.807) is 31.4 Å². The summed E-state index contributed by atoms with van der Waals surface area (Å²) in [7, 11) is 3.76. The number of likely N-dealkylation sites (N-methyl/N-ethyl adjacent to an activating group) is 1. The number of methoxy groups -OCH3 is 1. The summed E-state index contributed by atoms with van der Waals surface area (Å²) in [6.07, 6.45) is 1.46. The molecule has 0 bridgehead atoms. The molecule has 0 atom stereocenters. The Morgan fingerprint density at radius 1 is 1.12 bits per heavy atom. The lowest BCUT2D eigenvalue weighted by molar-refractivity contribution is 0.312. The van der Waals surface area contributed by atoms with Crippen LogP contribution in [0.25, 0.3) is 10.4 Å². The lowest BCUT2D eigenvalue weighted by atomic mass is 10.2. The Kier molecular flexibility index (Phi) is 6.99. The van der Waals surface area contributed by atoms with Gasteiger partial charge in [-0.1, -0.05) is 16.7 Å². The van der Waals surface area contributed by atoms with Crippen LogP contribution < -0.4 is 19.7 Å². The maximum atomic E-state index is 8.51. The van der Waals surface area contributed by atoms with Crippen LogP contribution in [-0.4, -0.2) is 55.2 Å². The van der Waals surface area contributed by atoms with Gasteiger partial charge >= 0.3 is 0 Å². The minimum atomic E-state index is 0.193. The molecular weight excluding hydrogens is 444 g/mol. The number of nitrogens with one attached hydrogen (secondary N) is 1. The topological polar surface area (TPSA) is 112 Å². The van der Waals surface area contributed by atoms with Crippen molar-refractivity contribution in [2.75, 3.05) is 50.6 Å². The van der Waals surface area contributed by atoms with Crippen LogP contribution >= 0.6 is 11.6 Å². The summed E-state index contributed by atoms with van der Waals surface area (Å²) in [5, 5.41) is 6.97. The van der Waals surface area contributed by atoms with Crippen LogP contribution in [0, 0.1) is 0 Å². The highest BCUT2D eigenvalue weighted by atomic mass is 35.5. The molecule has 1 saturated heterocycles. The van der Waals surface area contributed by atoms with Gasteiger partial charge in [0.25, 0.3) is 0 Å². The normalized spacial score (nSPS) is 13.8. The fourth-order valence-electron chi connectivity index (χ4n) is 3.39. The molecule has 1 aliphatic heterocycles. The summed E-state index contributed by atoms with van der Waals surface area (Å²) in [4.78, 5) is 16.0. The molecule has 0 unspecified atom stereocenters. The van der Waals surface area contributed by atoms with E-state index in [4.69, 9.17) is 26.6 Å². The van der Waals surface area contributed by atoms with E-state index in [-0.39, 0.29) is 10.9 Å². The third kappa shape index (κ3) is 5.56. The molecule has 1 aromatic heterocycles. The van der Waals surface area contributed by atoms with Gasteiger partial charge in [0.1, 0.15) is 16.5 Å². The van der Waals surface area contributed by atoms with Crippen LogP contribution in [0.5, 0.6) is 17.4 Å². The molecule has 1 N–H and O–H groups in total. The standard InChI is InChI=1S/C22H23ClN8O2/c1-30-9-11-31(12-10-30)16-5-8-19(20(13-16)32-2)26-22-25-14-18(23)21(27-22)33-17-6-3-15(4-7-17)28-29-24/h3-8,13-14H,9-12H2,1-2H3,(H,25,26,27). The zero-order chi connectivity index (χ0) is 23.2. The Morgan fingerprint density at radius 3 is 2.58 bits per heavy atom. The third-order valence-corrected chi connectivity index (χ3v) is 5.48. The van der Waals surface area contributed by atoms with Crippen LogP contribution in [0.4, 0.5) is 23.0 Å². The van der Waals surface area contributed by atoms with Crippen molar-refractivity contribution in [2.24, 2.45) is 5.11 Å². The van der Waals surface area contributed by atoms with Crippen LogP contribution in [0.3, 0.4) is 0 Å². The second kappa shape index (κ2) is 10.3. The predicted molar refractivity (Wildman–Crippen MR) is 128 cm³/mol. The van der Waals surface area contributed by atoms with Crippen LogP contribution in [0.1, 0.15) is 0 Å². The quantitative estimate of drug-likeness (QED) is 0.283. The lowest BCUT2D eigenvalue weighted by Gasteiger charge is -2.34. The minimum absolute atomic E-state index is 0.193. The van der Waals surface area contributed by atoms with Gasteiger partial charge in [0.05, 0.1) is 19.0 Å². The first-order valence-electron chi connectivity index (χ1n) is 10.3. The van der Waals surface area contributed by atoms with Gasteiger partial charge in [-0.15, -0.1) is 0 Å². The highest BCUT2D eigenvalue weighted by Gasteiger charge is 2.17. The summed E-state index contributed by atoms with van der Waals surface area (Å²) >= 11 is 6.23. The van der Waals surface area contributed by atoms with E-state index in [2.05, 4.69) is 48.2 Å². The molecule has 0 saturated carbocycles. The number of halogens is 1. The first kappa shape index (κ1) is 22.5. The summed E-state index contributed by atoms with van der Waals surface area (Å²) in [6.45, 7) is 3.99. The van der Waals surface area contributed by atoms with Gasteiger partial charge in [0, 0.05) is 48.5 Å². The smallest absolute Gasteiger partial charge is 0.243 e. The number of benzene rings is 2. The van der Waals surface area contributed by atoms with Crippen molar-refractivity contribution in [3.63, 3.8) is 0 Å². The van der Waals surface area contributed by atoms with E-state index in [0.717, 1.165) is 37.6 Å². The van der Waals surface area contributed by atoms with Crippen molar-refractivity contribution in [2.45, 2.75) is 0 Å². The summed E-state index contributed by atoms with van der Waals surface area (Å²) in [5.41, 5.74) is 10.8. The Hall–Kier alpha value is -3.72. The molecule has 0 radical (unpaired) electrons. The maximum Gasteiger partial charge on any atom is 0.243 e. The second-order valence-electron chi connectivity index (χ2n) is 7.43. The van der Waals surface area contributed by atoms with Gasteiger partial charge in [-0.25, -0.2) is 4.98 Å². The predicted octanol–water partition coefficient (Wildman–Crippen LogP) is 5.37. The van der Waals surface area contributed by atoms with E-state index < -0.39 is 0 Å². The summed E-state index contributed by atoms with van der Waals surface area (Å²) in [6, 6.07) is 12.6. The molecule has 0 spiro atoms. The molecule has 10 nitrogen and oxygen atoms in total. The number of piperazine rings is 1. The fourth-order valence-corrected chi connectivity index (χ4v) is 3.52. The highest BCUT2D eigenvalue weighted by molar-refractivity contribution is 6.31. The van der Waals surface area contributed by atoms with Crippen molar-refractivity contribution in [3.8, 4) is 17.4 Å². The van der Waals surface area contributed by atoms with Gasteiger partial charge in [-0.2, -0.15) is 4.98 Å². The summed E-state index contributed by atoms with van der Waals surface area (Å²) < 4.78 is 11.4. The number of aromatic nitrogens is 2. The summed E-state index contributed by atoms with van der Waals surface area (Å²) in [5.74, 6) is 1.68. The monoisotopic (exact) mass is 466 g/mol. The van der Waals surface area contributed by atoms with Gasteiger partial charge in [0.15, 0.2) is 0 Å².